The van der Waals surface area contributed by atoms with Crippen molar-refractivity contribution in [3.63, 3.8) is 0 Å². The van der Waals surface area contributed by atoms with Crippen molar-refractivity contribution in [2.45, 2.75) is 13.5 Å². The predicted molar refractivity (Wildman–Crippen MR) is 124 cm³/mol. The number of halogens is 2. The number of hydrogen-bond acceptors (Lipinski definition) is 5. The van der Waals surface area contributed by atoms with Gasteiger partial charge in [-0.15, -0.1) is 0 Å². The fourth-order valence-electron chi connectivity index (χ4n) is 3.35. The highest BCUT2D eigenvalue weighted by molar-refractivity contribution is 6.02. The summed E-state index contributed by atoms with van der Waals surface area (Å²) in [6.07, 6.45) is 3.14. The lowest BCUT2D eigenvalue weighted by Crippen LogP contribution is -2.23. The standard InChI is InChI=1S/C25H21F2N5O3/c1-15-20(24(33)29-14-16-10-17(26)12-18(27)11-16)4-3-5-22(15)35-19-6-8-28-23(13-19)30-25(34)21-7-9-32(2)31-21/h3-13H,14H2,1-2H3,(H,29,33)(H,28,30,34). The van der Waals surface area contributed by atoms with Gasteiger partial charge in [-0.3, -0.25) is 14.3 Å². The van der Waals surface area contributed by atoms with Crippen molar-refractivity contribution < 1.29 is 23.1 Å². The predicted octanol–water partition coefficient (Wildman–Crippen LogP) is 4.38. The number of aryl methyl sites for hydroxylation is 1. The largest absolute Gasteiger partial charge is 0.457 e. The van der Waals surface area contributed by atoms with Crippen LogP contribution in [-0.4, -0.2) is 26.6 Å². The number of aromatic nitrogens is 3. The lowest BCUT2D eigenvalue weighted by Gasteiger charge is -2.13. The molecular weight excluding hydrogens is 456 g/mol. The van der Waals surface area contributed by atoms with Gasteiger partial charge in [0, 0.05) is 49.2 Å². The van der Waals surface area contributed by atoms with Gasteiger partial charge in [-0.25, -0.2) is 13.8 Å². The molecule has 2 aromatic heterocycles. The Morgan fingerprint density at radius 2 is 1.80 bits per heavy atom. The topological polar surface area (TPSA) is 98.1 Å². The van der Waals surface area contributed by atoms with Gasteiger partial charge in [0.1, 0.15) is 29.0 Å². The van der Waals surface area contributed by atoms with E-state index in [2.05, 4.69) is 20.7 Å². The van der Waals surface area contributed by atoms with Crippen LogP contribution in [0.4, 0.5) is 14.6 Å². The maximum absolute atomic E-state index is 13.4. The first kappa shape index (κ1) is 23.6. The maximum atomic E-state index is 13.4. The Balaban J connectivity index is 1.45. The second-order valence-electron chi connectivity index (χ2n) is 7.70. The molecule has 2 N–H and O–H groups in total. The van der Waals surface area contributed by atoms with Crippen LogP contribution in [0.1, 0.15) is 32.0 Å². The summed E-state index contributed by atoms with van der Waals surface area (Å²) in [5, 5.41) is 9.36. The van der Waals surface area contributed by atoms with Gasteiger partial charge < -0.3 is 15.4 Å². The van der Waals surface area contributed by atoms with Crippen molar-refractivity contribution in [1.82, 2.24) is 20.1 Å². The average Bonchev–Trinajstić information content (AvgIpc) is 3.25. The molecule has 2 aromatic carbocycles. The minimum absolute atomic E-state index is 0.0400. The van der Waals surface area contributed by atoms with E-state index < -0.39 is 23.4 Å². The fraction of sp³-hybridized carbons (Fsp3) is 0.120. The van der Waals surface area contributed by atoms with Crippen LogP contribution in [0.3, 0.4) is 0 Å². The van der Waals surface area contributed by atoms with Crippen molar-refractivity contribution in [3.8, 4) is 11.5 Å². The molecule has 2 heterocycles. The van der Waals surface area contributed by atoms with E-state index in [0.717, 1.165) is 18.2 Å². The third-order valence-corrected chi connectivity index (χ3v) is 5.05. The Bertz CT molecular complexity index is 1380. The second kappa shape index (κ2) is 10.1. The molecule has 4 rings (SSSR count). The third kappa shape index (κ3) is 5.85. The van der Waals surface area contributed by atoms with E-state index in [-0.39, 0.29) is 18.1 Å². The molecular formula is C25H21F2N5O3. The number of anilines is 1. The fourth-order valence-corrected chi connectivity index (χ4v) is 3.35. The molecule has 10 heteroatoms. The molecule has 0 unspecified atom stereocenters. The molecule has 2 amide bonds. The monoisotopic (exact) mass is 477 g/mol. The smallest absolute Gasteiger partial charge is 0.277 e. The van der Waals surface area contributed by atoms with E-state index in [1.165, 1.54) is 10.9 Å². The number of ether oxygens (including phenoxy) is 1. The number of nitrogens with one attached hydrogen (secondary N) is 2. The number of nitrogens with zero attached hydrogens (tertiary/aromatic N) is 3. The molecule has 0 fully saturated rings. The van der Waals surface area contributed by atoms with E-state index in [9.17, 15) is 18.4 Å². The molecule has 0 aliphatic heterocycles. The van der Waals surface area contributed by atoms with Gasteiger partial charge in [-0.2, -0.15) is 5.10 Å². The molecule has 0 aliphatic carbocycles. The summed E-state index contributed by atoms with van der Waals surface area (Å²) < 4.78 is 34.2. The number of amides is 2. The number of benzene rings is 2. The van der Waals surface area contributed by atoms with E-state index in [0.29, 0.717) is 28.2 Å². The first-order chi connectivity index (χ1) is 16.8. The van der Waals surface area contributed by atoms with Crippen molar-refractivity contribution in [1.29, 1.82) is 0 Å². The molecule has 0 saturated heterocycles. The van der Waals surface area contributed by atoms with E-state index in [1.54, 1.807) is 56.6 Å². The van der Waals surface area contributed by atoms with Crippen LogP contribution in [0, 0.1) is 18.6 Å². The van der Waals surface area contributed by atoms with Crippen molar-refractivity contribution in [2.75, 3.05) is 5.32 Å². The van der Waals surface area contributed by atoms with Crippen molar-refractivity contribution >= 4 is 17.6 Å². The molecule has 0 bridgehead atoms. The first-order valence-corrected chi connectivity index (χ1v) is 10.6. The van der Waals surface area contributed by atoms with Gasteiger partial charge in [0.05, 0.1) is 0 Å². The highest BCUT2D eigenvalue weighted by atomic mass is 19.1. The normalized spacial score (nSPS) is 10.6. The summed E-state index contributed by atoms with van der Waals surface area (Å²) >= 11 is 0. The lowest BCUT2D eigenvalue weighted by molar-refractivity contribution is 0.0949. The summed E-state index contributed by atoms with van der Waals surface area (Å²) in [6.45, 7) is 1.68. The zero-order chi connectivity index (χ0) is 24.9. The van der Waals surface area contributed by atoms with Crippen molar-refractivity contribution in [2.24, 2.45) is 7.05 Å². The van der Waals surface area contributed by atoms with Crippen LogP contribution in [0.2, 0.25) is 0 Å². The number of carbonyl (C=O) groups excluding carboxylic acids is 2. The zero-order valence-corrected chi connectivity index (χ0v) is 18.9. The van der Waals surface area contributed by atoms with Gasteiger partial charge in [-0.1, -0.05) is 6.07 Å². The van der Waals surface area contributed by atoms with Crippen LogP contribution >= 0.6 is 0 Å². The van der Waals surface area contributed by atoms with Crippen LogP contribution in [0.5, 0.6) is 11.5 Å². The molecule has 35 heavy (non-hydrogen) atoms. The van der Waals surface area contributed by atoms with Gasteiger partial charge >= 0.3 is 0 Å². The van der Waals surface area contributed by atoms with Gasteiger partial charge in [0.2, 0.25) is 0 Å². The first-order valence-electron chi connectivity index (χ1n) is 10.6. The van der Waals surface area contributed by atoms with E-state index in [1.807, 2.05) is 0 Å². The maximum Gasteiger partial charge on any atom is 0.277 e. The van der Waals surface area contributed by atoms with Crippen LogP contribution in [0.15, 0.2) is 67.0 Å². The summed E-state index contributed by atoms with van der Waals surface area (Å²) in [7, 11) is 1.71. The SMILES string of the molecule is Cc1c(Oc2ccnc(NC(=O)c3ccn(C)n3)c2)cccc1C(=O)NCc1cc(F)cc(F)c1. The van der Waals surface area contributed by atoms with Gasteiger partial charge in [0.15, 0.2) is 5.69 Å². The third-order valence-electron chi connectivity index (χ3n) is 5.05. The Morgan fingerprint density at radius 3 is 2.51 bits per heavy atom. The zero-order valence-electron chi connectivity index (χ0n) is 18.9. The Labute approximate surface area is 199 Å². The average molecular weight is 477 g/mol. The molecule has 8 nitrogen and oxygen atoms in total. The Morgan fingerprint density at radius 1 is 1.03 bits per heavy atom. The summed E-state index contributed by atoms with van der Waals surface area (Å²) in [5.74, 6) is -1.18. The van der Waals surface area contributed by atoms with Crippen molar-refractivity contribution in [3.05, 3.63) is 101 Å². The number of carbonyl (C=O) groups is 2. The van der Waals surface area contributed by atoms with Crippen LogP contribution < -0.4 is 15.4 Å². The van der Waals surface area contributed by atoms with E-state index >= 15 is 0 Å². The number of pyridine rings is 1. The van der Waals surface area contributed by atoms with Gasteiger partial charge in [0.25, 0.3) is 11.8 Å². The highest BCUT2D eigenvalue weighted by Crippen LogP contribution is 2.28. The second-order valence-corrected chi connectivity index (χ2v) is 7.70. The minimum Gasteiger partial charge on any atom is -0.457 e. The molecule has 0 radical (unpaired) electrons. The Kier molecular flexibility index (Phi) is 6.81. The van der Waals surface area contributed by atoms with E-state index in [4.69, 9.17) is 4.74 Å². The molecule has 0 saturated carbocycles. The van der Waals surface area contributed by atoms with Gasteiger partial charge in [-0.05, 0) is 48.9 Å². The Hall–Kier alpha value is -4.60. The lowest BCUT2D eigenvalue weighted by atomic mass is 10.1. The van der Waals surface area contributed by atoms with Crippen LogP contribution in [0.25, 0.3) is 0 Å². The quantitative estimate of drug-likeness (QED) is 0.412. The molecule has 0 aliphatic rings. The minimum atomic E-state index is -0.714. The molecule has 0 spiro atoms. The van der Waals surface area contributed by atoms with Crippen LogP contribution in [-0.2, 0) is 13.6 Å². The number of hydrogen-bond donors (Lipinski definition) is 2. The molecule has 178 valence electrons. The number of rotatable bonds is 7. The summed E-state index contributed by atoms with van der Waals surface area (Å²) in [4.78, 5) is 29.1. The molecule has 0 atom stereocenters. The molecule has 4 aromatic rings. The summed E-state index contributed by atoms with van der Waals surface area (Å²) in [5.41, 5.74) is 1.46. The highest BCUT2D eigenvalue weighted by Gasteiger charge is 2.15. The summed E-state index contributed by atoms with van der Waals surface area (Å²) in [6, 6.07) is 12.8.